The number of halogens is 1. The maximum Gasteiger partial charge on any atom is 0.251 e. The molecule has 4 nitrogen and oxygen atoms in total. The Morgan fingerprint density at radius 3 is 3.00 bits per heavy atom. The van der Waals surface area contributed by atoms with E-state index < -0.39 is 5.60 Å². The molecule has 2 N–H and O–H groups in total. The third-order valence-electron chi connectivity index (χ3n) is 4.09. The zero-order valence-electron chi connectivity index (χ0n) is 12.1. The van der Waals surface area contributed by atoms with Crippen molar-refractivity contribution in [2.45, 2.75) is 24.9 Å². The maximum absolute atomic E-state index is 12.2. The summed E-state index contributed by atoms with van der Waals surface area (Å²) in [6.07, 6.45) is 4.00. The van der Waals surface area contributed by atoms with E-state index in [1.807, 2.05) is 24.3 Å². The van der Waals surface area contributed by atoms with Crippen LogP contribution in [0.15, 0.2) is 42.6 Å². The van der Waals surface area contributed by atoms with Crippen LogP contribution in [0.2, 0.25) is 5.15 Å². The van der Waals surface area contributed by atoms with Gasteiger partial charge >= 0.3 is 0 Å². The van der Waals surface area contributed by atoms with Crippen LogP contribution in [0.1, 0.15) is 34.3 Å². The largest absolute Gasteiger partial charge is 0.383 e. The highest BCUT2D eigenvalue weighted by Crippen LogP contribution is 2.34. The van der Waals surface area contributed by atoms with Crippen molar-refractivity contribution in [1.29, 1.82) is 0 Å². The highest BCUT2D eigenvalue weighted by Gasteiger charge is 2.34. The molecule has 3 rings (SSSR count). The fourth-order valence-corrected chi connectivity index (χ4v) is 3.13. The van der Waals surface area contributed by atoms with E-state index in [0.29, 0.717) is 12.0 Å². The molecule has 2 aromatic rings. The van der Waals surface area contributed by atoms with Crippen LogP contribution in [0, 0.1) is 0 Å². The van der Waals surface area contributed by atoms with Gasteiger partial charge in [-0.05, 0) is 42.5 Å². The lowest BCUT2D eigenvalue weighted by Crippen LogP contribution is -2.43. The molecule has 0 radical (unpaired) electrons. The van der Waals surface area contributed by atoms with Gasteiger partial charge < -0.3 is 10.4 Å². The van der Waals surface area contributed by atoms with Gasteiger partial charge in [-0.3, -0.25) is 4.79 Å². The molecule has 1 heterocycles. The second-order valence-electron chi connectivity index (χ2n) is 5.59. The highest BCUT2D eigenvalue weighted by atomic mass is 35.5. The van der Waals surface area contributed by atoms with Crippen molar-refractivity contribution in [1.82, 2.24) is 10.3 Å². The first-order valence-corrected chi connectivity index (χ1v) is 7.67. The second kappa shape index (κ2) is 6.07. The summed E-state index contributed by atoms with van der Waals surface area (Å²) in [6, 6.07) is 11.0. The van der Waals surface area contributed by atoms with Crippen LogP contribution < -0.4 is 5.32 Å². The van der Waals surface area contributed by atoms with Crippen molar-refractivity contribution in [2.75, 3.05) is 6.54 Å². The molecule has 22 heavy (non-hydrogen) atoms. The fraction of sp³-hybridized carbons (Fsp3) is 0.294. The number of carbonyl (C=O) groups is 1. The summed E-state index contributed by atoms with van der Waals surface area (Å²) in [5.41, 5.74) is 1.49. The average molecular weight is 317 g/mol. The number of carbonyl (C=O) groups excluding carboxylic acids is 1. The zero-order valence-corrected chi connectivity index (χ0v) is 12.8. The molecule has 1 unspecified atom stereocenters. The minimum atomic E-state index is -1.01. The van der Waals surface area contributed by atoms with Crippen LogP contribution in [0.5, 0.6) is 0 Å². The first-order valence-electron chi connectivity index (χ1n) is 7.29. The standard InChI is InChI=1S/C17H17ClN2O2/c18-15-10-13(7-9-19-15)16(21)20-11-17(22)8-3-5-12-4-1-2-6-14(12)17/h1-2,4,6-7,9-10,22H,3,5,8,11H2,(H,20,21). The number of pyridine rings is 1. The number of nitrogens with one attached hydrogen (secondary N) is 1. The summed E-state index contributed by atoms with van der Waals surface area (Å²) in [5.74, 6) is -0.263. The van der Waals surface area contributed by atoms with Gasteiger partial charge in [-0.1, -0.05) is 35.9 Å². The molecular formula is C17H17ClN2O2. The molecule has 0 saturated heterocycles. The first kappa shape index (κ1) is 15.0. The van der Waals surface area contributed by atoms with E-state index in [4.69, 9.17) is 11.6 Å². The molecule has 0 saturated carbocycles. The van der Waals surface area contributed by atoms with E-state index >= 15 is 0 Å². The van der Waals surface area contributed by atoms with E-state index in [-0.39, 0.29) is 17.6 Å². The summed E-state index contributed by atoms with van der Waals surface area (Å²) in [5, 5.41) is 14.0. The van der Waals surface area contributed by atoms with Gasteiger partial charge in [-0.25, -0.2) is 4.98 Å². The first-order chi connectivity index (χ1) is 10.6. The quantitative estimate of drug-likeness (QED) is 0.856. The lowest BCUT2D eigenvalue weighted by Gasteiger charge is -2.34. The van der Waals surface area contributed by atoms with E-state index in [0.717, 1.165) is 24.0 Å². The normalized spacial score (nSPS) is 20.3. The third-order valence-corrected chi connectivity index (χ3v) is 4.29. The molecular weight excluding hydrogens is 300 g/mol. The van der Waals surface area contributed by atoms with Crippen LogP contribution in [0.4, 0.5) is 0 Å². The van der Waals surface area contributed by atoms with E-state index in [2.05, 4.69) is 10.3 Å². The molecule has 0 aliphatic heterocycles. The van der Waals surface area contributed by atoms with Crippen LogP contribution in [0.3, 0.4) is 0 Å². The van der Waals surface area contributed by atoms with Gasteiger partial charge in [0.1, 0.15) is 10.8 Å². The molecule has 1 amide bonds. The Kier molecular flexibility index (Phi) is 4.14. The van der Waals surface area contributed by atoms with Crippen LogP contribution in [0.25, 0.3) is 0 Å². The van der Waals surface area contributed by atoms with Crippen molar-refractivity contribution in [2.24, 2.45) is 0 Å². The number of amides is 1. The molecule has 0 bridgehead atoms. The predicted octanol–water partition coefficient (Wildman–Crippen LogP) is 2.69. The van der Waals surface area contributed by atoms with Crippen LogP contribution in [-0.2, 0) is 12.0 Å². The Hall–Kier alpha value is -1.91. The third kappa shape index (κ3) is 2.98. The molecule has 1 atom stereocenters. The van der Waals surface area contributed by atoms with E-state index in [1.165, 1.54) is 12.3 Å². The molecule has 1 aliphatic carbocycles. The number of aromatic nitrogens is 1. The number of aryl methyl sites for hydroxylation is 1. The minimum Gasteiger partial charge on any atom is -0.383 e. The highest BCUT2D eigenvalue weighted by molar-refractivity contribution is 6.29. The number of benzene rings is 1. The van der Waals surface area contributed by atoms with Gasteiger partial charge in [-0.2, -0.15) is 0 Å². The predicted molar refractivity (Wildman–Crippen MR) is 84.9 cm³/mol. The van der Waals surface area contributed by atoms with E-state index in [1.54, 1.807) is 6.07 Å². The Balaban J connectivity index is 1.75. The smallest absolute Gasteiger partial charge is 0.251 e. The number of rotatable bonds is 3. The molecule has 0 fully saturated rings. The number of nitrogens with zero attached hydrogens (tertiary/aromatic N) is 1. The lowest BCUT2D eigenvalue weighted by atomic mass is 9.79. The van der Waals surface area contributed by atoms with Gasteiger partial charge in [0.05, 0.1) is 6.54 Å². The van der Waals surface area contributed by atoms with Crippen LogP contribution in [-0.4, -0.2) is 22.5 Å². The molecule has 0 spiro atoms. The SMILES string of the molecule is O=C(NCC1(O)CCCc2ccccc21)c1ccnc(Cl)c1. The zero-order chi connectivity index (χ0) is 15.6. The summed E-state index contributed by atoms with van der Waals surface area (Å²) >= 11 is 5.79. The van der Waals surface area contributed by atoms with Crippen molar-refractivity contribution in [3.05, 3.63) is 64.4 Å². The maximum atomic E-state index is 12.2. The van der Waals surface area contributed by atoms with Crippen molar-refractivity contribution in [3.8, 4) is 0 Å². The fourth-order valence-electron chi connectivity index (χ4n) is 2.95. The number of hydrogen-bond acceptors (Lipinski definition) is 3. The minimum absolute atomic E-state index is 0.183. The lowest BCUT2D eigenvalue weighted by molar-refractivity contribution is 0.0189. The summed E-state index contributed by atoms with van der Waals surface area (Å²) < 4.78 is 0. The van der Waals surface area contributed by atoms with E-state index in [9.17, 15) is 9.90 Å². The summed E-state index contributed by atoms with van der Waals surface area (Å²) in [4.78, 5) is 16.0. The molecule has 5 heteroatoms. The molecule has 1 aromatic heterocycles. The topological polar surface area (TPSA) is 62.2 Å². The Morgan fingerprint density at radius 2 is 2.18 bits per heavy atom. The van der Waals surface area contributed by atoms with Crippen molar-refractivity contribution in [3.63, 3.8) is 0 Å². The van der Waals surface area contributed by atoms with Gasteiger partial charge in [0.15, 0.2) is 0 Å². The second-order valence-corrected chi connectivity index (χ2v) is 5.98. The number of fused-ring (bicyclic) bond motifs is 1. The average Bonchev–Trinajstić information content (AvgIpc) is 2.53. The van der Waals surface area contributed by atoms with Crippen molar-refractivity contribution < 1.29 is 9.90 Å². The van der Waals surface area contributed by atoms with Gasteiger partial charge in [0.25, 0.3) is 5.91 Å². The molecule has 114 valence electrons. The monoisotopic (exact) mass is 316 g/mol. The van der Waals surface area contributed by atoms with Crippen molar-refractivity contribution >= 4 is 17.5 Å². The Morgan fingerprint density at radius 1 is 1.36 bits per heavy atom. The molecule has 1 aliphatic rings. The Labute approximate surface area is 134 Å². The summed E-state index contributed by atoms with van der Waals surface area (Å²) in [6.45, 7) is 0.183. The molecule has 1 aromatic carbocycles. The van der Waals surface area contributed by atoms with Gasteiger partial charge in [0.2, 0.25) is 0 Å². The Bertz CT molecular complexity index is 705. The number of hydrogen-bond donors (Lipinski definition) is 2. The van der Waals surface area contributed by atoms with Gasteiger partial charge in [-0.15, -0.1) is 0 Å². The van der Waals surface area contributed by atoms with Gasteiger partial charge in [0, 0.05) is 11.8 Å². The number of aliphatic hydroxyl groups is 1. The summed E-state index contributed by atoms with van der Waals surface area (Å²) in [7, 11) is 0. The van der Waals surface area contributed by atoms with Crippen LogP contribution >= 0.6 is 11.6 Å².